The fourth-order valence-corrected chi connectivity index (χ4v) is 3.71. The maximum atomic E-state index is 11.6. The highest BCUT2D eigenvalue weighted by molar-refractivity contribution is 7.91. The number of sulfone groups is 1. The van der Waals surface area contributed by atoms with Crippen LogP contribution in [0.1, 0.15) is 17.5 Å². The summed E-state index contributed by atoms with van der Waals surface area (Å²) in [6.45, 7) is 2.44. The first kappa shape index (κ1) is 13.9. The molecule has 0 bridgehead atoms. The van der Waals surface area contributed by atoms with Gasteiger partial charge in [-0.1, -0.05) is 29.8 Å². The average Bonchev–Trinajstić information content (AvgIpc) is 2.68. The van der Waals surface area contributed by atoms with E-state index in [4.69, 9.17) is 0 Å². The number of benzene rings is 1. The number of urea groups is 1. The van der Waals surface area contributed by atoms with Crippen molar-refractivity contribution in [3.63, 3.8) is 0 Å². The molecule has 2 rings (SSSR count). The first-order chi connectivity index (χ1) is 8.94. The number of hydrogen-bond acceptors (Lipinski definition) is 3. The van der Waals surface area contributed by atoms with Gasteiger partial charge in [0.2, 0.25) is 0 Å². The minimum absolute atomic E-state index is 0.0466. The van der Waals surface area contributed by atoms with Gasteiger partial charge in [0, 0.05) is 12.6 Å². The smallest absolute Gasteiger partial charge is 0.315 e. The molecule has 1 aliphatic heterocycles. The van der Waals surface area contributed by atoms with Crippen LogP contribution < -0.4 is 10.6 Å². The summed E-state index contributed by atoms with van der Waals surface area (Å²) in [5, 5.41) is 5.41. The Labute approximate surface area is 113 Å². The minimum atomic E-state index is -2.96. The van der Waals surface area contributed by atoms with Crippen molar-refractivity contribution >= 4 is 15.9 Å². The number of amides is 2. The number of aryl methyl sites for hydroxylation is 1. The molecule has 0 unspecified atom stereocenters. The van der Waals surface area contributed by atoms with Crippen LogP contribution in [0.25, 0.3) is 0 Å². The van der Waals surface area contributed by atoms with Crippen LogP contribution in [0, 0.1) is 6.92 Å². The summed E-state index contributed by atoms with van der Waals surface area (Å²) < 4.78 is 22.5. The van der Waals surface area contributed by atoms with Crippen molar-refractivity contribution in [2.75, 3.05) is 11.5 Å². The Balaban J connectivity index is 1.77. The summed E-state index contributed by atoms with van der Waals surface area (Å²) in [7, 11) is -2.96. The molecule has 0 aromatic heterocycles. The third-order valence-corrected chi connectivity index (χ3v) is 4.91. The maximum Gasteiger partial charge on any atom is 0.315 e. The van der Waals surface area contributed by atoms with Crippen LogP contribution >= 0.6 is 0 Å². The van der Waals surface area contributed by atoms with Crippen LogP contribution in [0.15, 0.2) is 24.3 Å². The van der Waals surface area contributed by atoms with E-state index in [1.165, 1.54) is 5.56 Å². The fourth-order valence-electron chi connectivity index (χ4n) is 2.03. The Morgan fingerprint density at radius 3 is 2.58 bits per heavy atom. The van der Waals surface area contributed by atoms with E-state index in [9.17, 15) is 13.2 Å². The van der Waals surface area contributed by atoms with Gasteiger partial charge in [0.15, 0.2) is 9.84 Å². The van der Waals surface area contributed by atoms with Crippen molar-refractivity contribution in [2.45, 2.75) is 25.9 Å². The molecule has 0 radical (unpaired) electrons. The van der Waals surface area contributed by atoms with Gasteiger partial charge in [0.25, 0.3) is 0 Å². The third-order valence-electron chi connectivity index (χ3n) is 3.14. The van der Waals surface area contributed by atoms with E-state index in [1.54, 1.807) is 0 Å². The van der Waals surface area contributed by atoms with Crippen LogP contribution in [0.3, 0.4) is 0 Å². The number of carbonyl (C=O) groups excluding carboxylic acids is 1. The first-order valence-electron chi connectivity index (χ1n) is 6.25. The summed E-state index contributed by atoms with van der Waals surface area (Å²) in [6, 6.07) is 7.30. The molecule has 0 aliphatic carbocycles. The Morgan fingerprint density at radius 1 is 1.32 bits per heavy atom. The Hall–Kier alpha value is -1.56. The second kappa shape index (κ2) is 5.61. The number of carbonyl (C=O) groups is 1. The van der Waals surface area contributed by atoms with E-state index in [2.05, 4.69) is 10.6 Å². The van der Waals surface area contributed by atoms with Crippen LogP contribution in [0.2, 0.25) is 0 Å². The van der Waals surface area contributed by atoms with Crippen molar-refractivity contribution in [2.24, 2.45) is 0 Å². The van der Waals surface area contributed by atoms with Crippen LogP contribution in [-0.2, 0) is 16.4 Å². The molecule has 1 aromatic rings. The third kappa shape index (κ3) is 4.24. The molecule has 1 fully saturated rings. The van der Waals surface area contributed by atoms with Gasteiger partial charge in [-0.3, -0.25) is 0 Å². The molecule has 104 valence electrons. The highest BCUT2D eigenvalue weighted by Crippen LogP contribution is 2.11. The standard InChI is InChI=1S/C13H18N2O3S/c1-10-2-4-11(5-3-10)8-14-13(16)15-12-6-7-19(17,18)9-12/h2-5,12H,6-9H2,1H3,(H2,14,15,16)/t12-/m1/s1. The van der Waals surface area contributed by atoms with E-state index in [0.717, 1.165) is 5.56 Å². The molecular formula is C13H18N2O3S. The van der Waals surface area contributed by atoms with E-state index < -0.39 is 9.84 Å². The van der Waals surface area contributed by atoms with Gasteiger partial charge in [0.05, 0.1) is 11.5 Å². The van der Waals surface area contributed by atoms with Crippen LogP contribution in [0.5, 0.6) is 0 Å². The lowest BCUT2D eigenvalue weighted by molar-refractivity contribution is 0.237. The number of rotatable bonds is 3. The van der Waals surface area contributed by atoms with Crippen molar-refractivity contribution in [3.05, 3.63) is 35.4 Å². The van der Waals surface area contributed by atoms with Crippen molar-refractivity contribution in [3.8, 4) is 0 Å². The summed E-state index contributed by atoms with van der Waals surface area (Å²) in [6.07, 6.45) is 0.500. The molecule has 1 heterocycles. The quantitative estimate of drug-likeness (QED) is 0.868. The lowest BCUT2D eigenvalue weighted by Crippen LogP contribution is -2.42. The second-order valence-electron chi connectivity index (χ2n) is 4.91. The van der Waals surface area contributed by atoms with Gasteiger partial charge in [-0.25, -0.2) is 13.2 Å². The number of nitrogens with one attached hydrogen (secondary N) is 2. The molecule has 1 aliphatic rings. The summed E-state index contributed by atoms with van der Waals surface area (Å²) in [5.41, 5.74) is 2.18. The van der Waals surface area contributed by atoms with Crippen molar-refractivity contribution in [1.29, 1.82) is 0 Å². The molecule has 1 saturated heterocycles. The van der Waals surface area contributed by atoms with Gasteiger partial charge < -0.3 is 10.6 Å². The zero-order valence-electron chi connectivity index (χ0n) is 10.8. The van der Waals surface area contributed by atoms with Gasteiger partial charge in [0.1, 0.15) is 0 Å². The Morgan fingerprint density at radius 2 is 2.00 bits per heavy atom. The molecule has 1 aromatic carbocycles. The zero-order chi connectivity index (χ0) is 13.9. The molecule has 0 spiro atoms. The first-order valence-corrected chi connectivity index (χ1v) is 8.07. The Bertz CT molecular complexity index is 552. The van der Waals surface area contributed by atoms with Gasteiger partial charge >= 0.3 is 6.03 Å². The SMILES string of the molecule is Cc1ccc(CNC(=O)N[C@@H]2CCS(=O)(=O)C2)cc1. The van der Waals surface area contributed by atoms with Crippen LogP contribution in [0.4, 0.5) is 4.79 Å². The minimum Gasteiger partial charge on any atom is -0.334 e. The lowest BCUT2D eigenvalue weighted by Gasteiger charge is -2.12. The predicted octanol–water partition coefficient (Wildman–Crippen LogP) is 0.981. The monoisotopic (exact) mass is 282 g/mol. The van der Waals surface area contributed by atoms with Gasteiger partial charge in [-0.05, 0) is 18.9 Å². The second-order valence-corrected chi connectivity index (χ2v) is 7.14. The summed E-state index contributed by atoms with van der Waals surface area (Å²) in [5.74, 6) is 0.209. The molecule has 2 amide bonds. The van der Waals surface area contributed by atoms with E-state index in [1.807, 2.05) is 31.2 Å². The molecule has 6 heteroatoms. The normalized spacial score (nSPS) is 21.0. The van der Waals surface area contributed by atoms with E-state index in [0.29, 0.717) is 13.0 Å². The average molecular weight is 282 g/mol. The molecule has 1 atom stereocenters. The molecule has 0 saturated carbocycles. The summed E-state index contributed by atoms with van der Waals surface area (Å²) >= 11 is 0. The topological polar surface area (TPSA) is 75.3 Å². The van der Waals surface area contributed by atoms with E-state index in [-0.39, 0.29) is 23.6 Å². The fraction of sp³-hybridized carbons (Fsp3) is 0.462. The van der Waals surface area contributed by atoms with Gasteiger partial charge in [-0.2, -0.15) is 0 Å². The van der Waals surface area contributed by atoms with Gasteiger partial charge in [-0.15, -0.1) is 0 Å². The highest BCUT2D eigenvalue weighted by Gasteiger charge is 2.28. The zero-order valence-corrected chi connectivity index (χ0v) is 11.7. The molecule has 2 N–H and O–H groups in total. The molecular weight excluding hydrogens is 264 g/mol. The van der Waals surface area contributed by atoms with E-state index >= 15 is 0 Å². The number of hydrogen-bond donors (Lipinski definition) is 2. The Kier molecular flexibility index (Phi) is 4.09. The van der Waals surface area contributed by atoms with Crippen LogP contribution in [-0.4, -0.2) is 32.0 Å². The lowest BCUT2D eigenvalue weighted by atomic mass is 10.1. The predicted molar refractivity (Wildman–Crippen MR) is 73.6 cm³/mol. The largest absolute Gasteiger partial charge is 0.334 e. The molecule has 5 nitrogen and oxygen atoms in total. The maximum absolute atomic E-state index is 11.6. The van der Waals surface area contributed by atoms with Crippen molar-refractivity contribution in [1.82, 2.24) is 10.6 Å². The molecule has 19 heavy (non-hydrogen) atoms. The highest BCUT2D eigenvalue weighted by atomic mass is 32.2. The van der Waals surface area contributed by atoms with Crippen molar-refractivity contribution < 1.29 is 13.2 Å². The summed E-state index contributed by atoms with van der Waals surface area (Å²) in [4.78, 5) is 11.6.